The summed E-state index contributed by atoms with van der Waals surface area (Å²) in [6, 6.07) is 9.32. The summed E-state index contributed by atoms with van der Waals surface area (Å²) < 4.78 is 16.0. The molecule has 0 atom stereocenters. The second-order valence-corrected chi connectivity index (χ2v) is 5.90. The Morgan fingerprint density at radius 2 is 1.96 bits per heavy atom. The molecule has 2 aromatic rings. The van der Waals surface area contributed by atoms with Gasteiger partial charge in [0, 0.05) is 17.8 Å². The number of hydrogen-bond acceptors (Lipinski definition) is 5. The first-order chi connectivity index (χ1) is 12.2. The quantitative estimate of drug-likeness (QED) is 0.774. The molecule has 6 heteroatoms. The van der Waals surface area contributed by atoms with Crippen molar-refractivity contribution in [2.75, 3.05) is 21.3 Å². The molecule has 0 radical (unpaired) electrons. The molecule has 1 amide bonds. The number of pyridine rings is 1. The number of amides is 1. The Morgan fingerprint density at radius 3 is 2.60 bits per heavy atom. The third kappa shape index (κ3) is 3.68. The van der Waals surface area contributed by atoms with Gasteiger partial charge in [0.15, 0.2) is 0 Å². The maximum Gasteiger partial charge on any atom is 0.259 e. The molecule has 1 saturated carbocycles. The van der Waals surface area contributed by atoms with Gasteiger partial charge < -0.3 is 19.1 Å². The molecule has 0 saturated heterocycles. The van der Waals surface area contributed by atoms with Crippen molar-refractivity contribution in [2.24, 2.45) is 0 Å². The first-order valence-corrected chi connectivity index (χ1v) is 8.18. The van der Waals surface area contributed by atoms with Crippen LogP contribution < -0.4 is 14.2 Å². The van der Waals surface area contributed by atoms with Crippen molar-refractivity contribution in [2.45, 2.75) is 25.4 Å². The number of carbonyl (C=O) groups excluding carboxylic acids is 1. The highest BCUT2D eigenvalue weighted by Gasteiger charge is 2.34. The zero-order valence-corrected chi connectivity index (χ0v) is 14.7. The number of rotatable bonds is 7. The van der Waals surface area contributed by atoms with Gasteiger partial charge in [-0.05, 0) is 43.2 Å². The van der Waals surface area contributed by atoms with Crippen molar-refractivity contribution in [3.05, 3.63) is 47.7 Å². The molecular formula is C19H22N2O4. The molecule has 0 aliphatic heterocycles. The lowest BCUT2D eigenvalue weighted by molar-refractivity contribution is 0.0724. The first kappa shape index (κ1) is 17.1. The smallest absolute Gasteiger partial charge is 0.259 e. The van der Waals surface area contributed by atoms with Gasteiger partial charge in [0.2, 0.25) is 5.88 Å². The topological polar surface area (TPSA) is 60.9 Å². The van der Waals surface area contributed by atoms with Crippen LogP contribution in [0.2, 0.25) is 0 Å². The zero-order valence-electron chi connectivity index (χ0n) is 14.7. The van der Waals surface area contributed by atoms with Gasteiger partial charge in [0.25, 0.3) is 5.91 Å². The minimum Gasteiger partial charge on any atom is -0.497 e. The fourth-order valence-corrected chi connectivity index (χ4v) is 2.81. The lowest BCUT2D eigenvalue weighted by Crippen LogP contribution is -2.33. The van der Waals surface area contributed by atoms with Crippen LogP contribution in [0.1, 0.15) is 28.8 Å². The predicted octanol–water partition coefficient (Wildman–Crippen LogP) is 2.91. The maximum atomic E-state index is 13.1. The Kier molecular flexibility index (Phi) is 5.07. The van der Waals surface area contributed by atoms with Crippen LogP contribution in [0.5, 0.6) is 17.4 Å². The van der Waals surface area contributed by atoms with E-state index < -0.39 is 0 Å². The van der Waals surface area contributed by atoms with E-state index >= 15 is 0 Å². The summed E-state index contributed by atoms with van der Waals surface area (Å²) in [5.41, 5.74) is 1.38. The molecule has 1 aliphatic rings. The van der Waals surface area contributed by atoms with E-state index in [1.54, 1.807) is 32.5 Å². The molecule has 0 N–H and O–H groups in total. The van der Waals surface area contributed by atoms with Crippen LogP contribution >= 0.6 is 0 Å². The summed E-state index contributed by atoms with van der Waals surface area (Å²) >= 11 is 0. The highest BCUT2D eigenvalue weighted by Crippen LogP contribution is 2.33. The zero-order chi connectivity index (χ0) is 17.8. The van der Waals surface area contributed by atoms with Crippen LogP contribution in [0, 0.1) is 0 Å². The third-order valence-electron chi connectivity index (χ3n) is 4.27. The van der Waals surface area contributed by atoms with Crippen LogP contribution in [0.25, 0.3) is 0 Å². The van der Waals surface area contributed by atoms with Gasteiger partial charge in [-0.1, -0.05) is 0 Å². The molecule has 6 nitrogen and oxygen atoms in total. The van der Waals surface area contributed by atoms with E-state index in [9.17, 15) is 4.79 Å². The summed E-state index contributed by atoms with van der Waals surface area (Å²) in [4.78, 5) is 19.1. The Balaban J connectivity index is 1.91. The molecule has 0 bridgehead atoms. The van der Waals surface area contributed by atoms with E-state index in [-0.39, 0.29) is 11.9 Å². The number of nitrogens with zero attached hydrogens (tertiary/aromatic N) is 2. The summed E-state index contributed by atoms with van der Waals surface area (Å²) in [6.07, 6.45) is 3.61. The standard InChI is InChI=1S/C19H22N2O4/c1-23-15-8-9-17(24-2)13(11-15)12-21(14-6-7-14)19(22)16-5-4-10-20-18(16)25-3/h4-5,8-11,14H,6-7,12H2,1-3H3. The molecule has 1 aromatic heterocycles. The Morgan fingerprint density at radius 1 is 1.16 bits per heavy atom. The van der Waals surface area contributed by atoms with E-state index in [4.69, 9.17) is 14.2 Å². The summed E-state index contributed by atoms with van der Waals surface area (Å²) in [5, 5.41) is 0. The molecule has 1 fully saturated rings. The summed E-state index contributed by atoms with van der Waals surface area (Å²) in [6.45, 7) is 0.446. The summed E-state index contributed by atoms with van der Waals surface area (Å²) in [7, 11) is 4.76. The van der Waals surface area contributed by atoms with Gasteiger partial charge in [0.05, 0.1) is 27.9 Å². The minimum atomic E-state index is -0.0858. The van der Waals surface area contributed by atoms with Gasteiger partial charge in [0.1, 0.15) is 17.1 Å². The third-order valence-corrected chi connectivity index (χ3v) is 4.27. The second kappa shape index (κ2) is 7.42. The highest BCUT2D eigenvalue weighted by atomic mass is 16.5. The van der Waals surface area contributed by atoms with Crippen molar-refractivity contribution < 1.29 is 19.0 Å². The lowest BCUT2D eigenvalue weighted by Gasteiger charge is -2.24. The molecule has 0 spiro atoms. The van der Waals surface area contributed by atoms with Crippen molar-refractivity contribution >= 4 is 5.91 Å². The monoisotopic (exact) mass is 342 g/mol. The van der Waals surface area contributed by atoms with Gasteiger partial charge in [-0.2, -0.15) is 0 Å². The lowest BCUT2D eigenvalue weighted by atomic mass is 10.1. The fraction of sp³-hybridized carbons (Fsp3) is 0.368. The summed E-state index contributed by atoms with van der Waals surface area (Å²) in [5.74, 6) is 1.73. The van der Waals surface area contributed by atoms with E-state index in [1.807, 2.05) is 23.1 Å². The Labute approximate surface area is 147 Å². The molecule has 1 heterocycles. The van der Waals surface area contributed by atoms with Crippen LogP contribution in [-0.2, 0) is 6.54 Å². The van der Waals surface area contributed by atoms with Crippen LogP contribution in [-0.4, -0.2) is 43.2 Å². The minimum absolute atomic E-state index is 0.0858. The fourth-order valence-electron chi connectivity index (χ4n) is 2.81. The van der Waals surface area contributed by atoms with Crippen LogP contribution in [0.15, 0.2) is 36.5 Å². The number of carbonyl (C=O) groups is 1. The Hall–Kier alpha value is -2.76. The maximum absolute atomic E-state index is 13.1. The first-order valence-electron chi connectivity index (χ1n) is 8.18. The number of hydrogen-bond donors (Lipinski definition) is 0. The number of benzene rings is 1. The molecule has 3 rings (SSSR count). The average molecular weight is 342 g/mol. The van der Waals surface area contributed by atoms with Crippen molar-refractivity contribution in [3.8, 4) is 17.4 Å². The number of methoxy groups -OCH3 is 3. The van der Waals surface area contributed by atoms with Crippen molar-refractivity contribution in [1.29, 1.82) is 0 Å². The molecule has 1 aliphatic carbocycles. The predicted molar refractivity (Wildman–Crippen MR) is 93.2 cm³/mol. The molecular weight excluding hydrogens is 320 g/mol. The normalized spacial score (nSPS) is 13.2. The van der Waals surface area contributed by atoms with Gasteiger partial charge in [-0.25, -0.2) is 4.98 Å². The number of aromatic nitrogens is 1. The van der Waals surface area contributed by atoms with Crippen molar-refractivity contribution in [3.63, 3.8) is 0 Å². The van der Waals surface area contributed by atoms with Crippen LogP contribution in [0.3, 0.4) is 0 Å². The van der Waals surface area contributed by atoms with E-state index in [1.165, 1.54) is 7.11 Å². The van der Waals surface area contributed by atoms with Gasteiger partial charge in [-0.15, -0.1) is 0 Å². The molecule has 25 heavy (non-hydrogen) atoms. The van der Waals surface area contributed by atoms with Gasteiger partial charge >= 0.3 is 0 Å². The Bertz CT molecular complexity index is 759. The second-order valence-electron chi connectivity index (χ2n) is 5.90. The largest absolute Gasteiger partial charge is 0.497 e. The van der Waals surface area contributed by atoms with Crippen LogP contribution in [0.4, 0.5) is 0 Å². The van der Waals surface area contributed by atoms with E-state index in [2.05, 4.69) is 4.98 Å². The molecule has 1 aromatic carbocycles. The molecule has 132 valence electrons. The van der Waals surface area contributed by atoms with Gasteiger partial charge in [-0.3, -0.25) is 4.79 Å². The van der Waals surface area contributed by atoms with E-state index in [0.717, 1.165) is 29.9 Å². The number of ether oxygens (including phenoxy) is 3. The SMILES string of the molecule is COc1ccc(OC)c(CN(C(=O)c2cccnc2OC)C2CC2)c1. The van der Waals surface area contributed by atoms with Crippen molar-refractivity contribution in [1.82, 2.24) is 9.88 Å². The average Bonchev–Trinajstić information content (AvgIpc) is 3.50. The molecule has 0 unspecified atom stereocenters. The van der Waals surface area contributed by atoms with E-state index in [0.29, 0.717) is 18.0 Å². The highest BCUT2D eigenvalue weighted by molar-refractivity contribution is 5.96.